The number of benzene rings is 1. The number of carbonyl (C=O) groups is 1. The summed E-state index contributed by atoms with van der Waals surface area (Å²) in [6.07, 6.45) is 5.80. The first-order valence-electron chi connectivity index (χ1n) is 8.94. The monoisotopic (exact) mass is 314 g/mol. The zero-order chi connectivity index (χ0) is 15.9. The number of rotatable bonds is 4. The Labute approximate surface area is 138 Å². The molecule has 2 heterocycles. The Kier molecular flexibility index (Phi) is 3.80. The number of hydrogen-bond acceptors (Lipinski definition) is 3. The second kappa shape index (κ2) is 5.82. The molecule has 4 nitrogen and oxygen atoms in total. The van der Waals surface area contributed by atoms with E-state index in [0.717, 1.165) is 63.5 Å². The van der Waals surface area contributed by atoms with E-state index in [1.807, 2.05) is 18.2 Å². The van der Waals surface area contributed by atoms with Gasteiger partial charge in [0.25, 0.3) is 0 Å². The van der Waals surface area contributed by atoms with Crippen LogP contribution in [0.1, 0.15) is 37.7 Å². The lowest BCUT2D eigenvalue weighted by Crippen LogP contribution is -2.50. The van der Waals surface area contributed by atoms with Crippen LogP contribution in [0, 0.1) is 11.3 Å². The molecule has 1 spiro atoms. The van der Waals surface area contributed by atoms with Crippen LogP contribution >= 0.6 is 0 Å². The summed E-state index contributed by atoms with van der Waals surface area (Å²) in [5.41, 5.74) is 0.990. The Hall–Kier alpha value is -1.55. The van der Waals surface area contributed by atoms with Crippen LogP contribution in [0.15, 0.2) is 24.3 Å². The fourth-order valence-corrected chi connectivity index (χ4v) is 4.32. The Morgan fingerprint density at radius 3 is 2.87 bits per heavy atom. The topological polar surface area (TPSA) is 43.8 Å². The van der Waals surface area contributed by atoms with Gasteiger partial charge >= 0.3 is 0 Å². The van der Waals surface area contributed by atoms with Crippen molar-refractivity contribution < 1.29 is 9.90 Å². The van der Waals surface area contributed by atoms with E-state index >= 15 is 0 Å². The summed E-state index contributed by atoms with van der Waals surface area (Å²) in [5.74, 6) is 1.51. The Morgan fingerprint density at radius 2 is 2.09 bits per heavy atom. The van der Waals surface area contributed by atoms with Gasteiger partial charge < -0.3 is 10.0 Å². The molecule has 124 valence electrons. The van der Waals surface area contributed by atoms with Crippen LogP contribution < -0.4 is 0 Å². The van der Waals surface area contributed by atoms with Crippen LogP contribution in [0.3, 0.4) is 0 Å². The maximum atomic E-state index is 13.0. The van der Waals surface area contributed by atoms with Gasteiger partial charge in [0.05, 0.1) is 5.41 Å². The molecule has 1 amide bonds. The molecule has 3 fully saturated rings. The van der Waals surface area contributed by atoms with E-state index in [-0.39, 0.29) is 5.41 Å². The smallest absolute Gasteiger partial charge is 0.230 e. The fourth-order valence-electron chi connectivity index (χ4n) is 4.32. The first-order valence-corrected chi connectivity index (χ1v) is 8.94. The number of likely N-dealkylation sites (tertiary alicyclic amines) is 2. The molecule has 1 saturated carbocycles. The number of amides is 1. The normalized spacial score (nSPS) is 28.7. The molecule has 1 aromatic carbocycles. The number of piperidine rings is 1. The molecule has 1 aliphatic carbocycles. The summed E-state index contributed by atoms with van der Waals surface area (Å²) in [6, 6.07) is 7.47. The molecule has 3 aliphatic rings. The van der Waals surface area contributed by atoms with Crippen LogP contribution in [-0.4, -0.2) is 47.0 Å². The third-order valence-electron chi connectivity index (χ3n) is 5.75. The van der Waals surface area contributed by atoms with Crippen molar-refractivity contribution in [3.8, 4) is 5.75 Å². The van der Waals surface area contributed by atoms with E-state index < -0.39 is 0 Å². The van der Waals surface area contributed by atoms with Crippen LogP contribution in [-0.2, 0) is 11.3 Å². The van der Waals surface area contributed by atoms with Crippen LogP contribution in [0.5, 0.6) is 5.75 Å². The Bertz CT molecular complexity index is 599. The highest BCUT2D eigenvalue weighted by molar-refractivity contribution is 5.84. The van der Waals surface area contributed by atoms with Gasteiger partial charge in [-0.3, -0.25) is 9.69 Å². The van der Waals surface area contributed by atoms with Gasteiger partial charge in [-0.25, -0.2) is 0 Å². The van der Waals surface area contributed by atoms with Crippen LogP contribution in [0.4, 0.5) is 0 Å². The van der Waals surface area contributed by atoms with E-state index in [0.29, 0.717) is 11.7 Å². The van der Waals surface area contributed by atoms with Crippen molar-refractivity contribution in [3.05, 3.63) is 29.8 Å². The van der Waals surface area contributed by atoms with Gasteiger partial charge in [-0.15, -0.1) is 0 Å². The lowest BCUT2D eigenvalue weighted by atomic mass is 9.78. The highest BCUT2D eigenvalue weighted by Crippen LogP contribution is 2.42. The first-order chi connectivity index (χ1) is 11.1. The van der Waals surface area contributed by atoms with Gasteiger partial charge in [0.2, 0.25) is 5.91 Å². The molecule has 0 unspecified atom stereocenters. The quantitative estimate of drug-likeness (QED) is 0.929. The predicted octanol–water partition coefficient (Wildman–Crippen LogP) is 2.62. The molecule has 1 N–H and O–H groups in total. The predicted molar refractivity (Wildman–Crippen MR) is 89.0 cm³/mol. The molecule has 0 aromatic heterocycles. The SMILES string of the molecule is O=C1N(CC2CC2)CCC[C@@]12CCN(Cc1cccc(O)c1)C2. The molecular formula is C19H26N2O2. The van der Waals surface area contributed by atoms with E-state index in [2.05, 4.69) is 9.80 Å². The second-order valence-corrected chi connectivity index (χ2v) is 7.71. The van der Waals surface area contributed by atoms with Gasteiger partial charge in [-0.2, -0.15) is 0 Å². The molecule has 2 saturated heterocycles. The van der Waals surface area contributed by atoms with Crippen molar-refractivity contribution in [2.75, 3.05) is 26.2 Å². The van der Waals surface area contributed by atoms with Gasteiger partial charge in [-0.05, 0) is 62.3 Å². The van der Waals surface area contributed by atoms with Gasteiger partial charge in [-0.1, -0.05) is 12.1 Å². The van der Waals surface area contributed by atoms with Crippen molar-refractivity contribution in [2.24, 2.45) is 11.3 Å². The van der Waals surface area contributed by atoms with Crippen molar-refractivity contribution >= 4 is 5.91 Å². The van der Waals surface area contributed by atoms with E-state index in [1.165, 1.54) is 12.8 Å². The fraction of sp³-hybridized carbons (Fsp3) is 0.632. The summed E-state index contributed by atoms with van der Waals surface area (Å²) < 4.78 is 0. The minimum absolute atomic E-state index is 0.135. The molecule has 1 atom stereocenters. The Balaban J connectivity index is 1.42. The highest BCUT2D eigenvalue weighted by atomic mass is 16.3. The average molecular weight is 314 g/mol. The minimum atomic E-state index is -0.135. The third kappa shape index (κ3) is 3.09. The molecule has 23 heavy (non-hydrogen) atoms. The van der Waals surface area contributed by atoms with Gasteiger partial charge in [0.15, 0.2) is 0 Å². The van der Waals surface area contributed by atoms with E-state index in [1.54, 1.807) is 6.07 Å². The highest BCUT2D eigenvalue weighted by Gasteiger charge is 2.48. The van der Waals surface area contributed by atoms with E-state index in [9.17, 15) is 9.90 Å². The summed E-state index contributed by atoms with van der Waals surface area (Å²) in [5, 5.41) is 9.62. The molecule has 0 radical (unpaired) electrons. The largest absolute Gasteiger partial charge is 0.508 e. The lowest BCUT2D eigenvalue weighted by molar-refractivity contribution is -0.145. The van der Waals surface area contributed by atoms with Crippen LogP contribution in [0.25, 0.3) is 0 Å². The molecule has 1 aromatic rings. The van der Waals surface area contributed by atoms with Crippen molar-refractivity contribution in [1.29, 1.82) is 0 Å². The second-order valence-electron chi connectivity index (χ2n) is 7.71. The maximum Gasteiger partial charge on any atom is 0.230 e. The summed E-state index contributed by atoms with van der Waals surface area (Å²) in [4.78, 5) is 17.6. The number of phenolic OH excluding ortho intramolecular Hbond substituents is 1. The number of carbonyl (C=O) groups excluding carboxylic acids is 1. The number of aromatic hydroxyl groups is 1. The summed E-state index contributed by atoms with van der Waals surface area (Å²) in [6.45, 7) is 4.64. The maximum absolute atomic E-state index is 13.0. The molecular weight excluding hydrogens is 288 g/mol. The van der Waals surface area contributed by atoms with E-state index in [4.69, 9.17) is 0 Å². The zero-order valence-electron chi connectivity index (χ0n) is 13.7. The molecule has 2 aliphatic heterocycles. The molecule has 4 heteroatoms. The number of phenols is 1. The number of nitrogens with zero attached hydrogens (tertiary/aromatic N) is 2. The first kappa shape index (κ1) is 15.0. The third-order valence-corrected chi connectivity index (χ3v) is 5.75. The standard InChI is InChI=1S/C19H26N2O2/c22-17-4-1-3-16(11-17)12-20-10-8-19(14-20)7-2-9-21(18(19)23)13-15-5-6-15/h1,3-4,11,15,22H,2,5-10,12-14H2/t19-/m0/s1. The van der Waals surface area contributed by atoms with Crippen molar-refractivity contribution in [2.45, 2.75) is 38.6 Å². The zero-order valence-corrected chi connectivity index (χ0v) is 13.7. The van der Waals surface area contributed by atoms with Gasteiger partial charge in [0.1, 0.15) is 5.75 Å². The van der Waals surface area contributed by atoms with Crippen molar-refractivity contribution in [1.82, 2.24) is 9.80 Å². The summed E-state index contributed by atoms with van der Waals surface area (Å²) in [7, 11) is 0. The number of hydrogen-bond donors (Lipinski definition) is 1. The van der Waals surface area contributed by atoms with Crippen LogP contribution in [0.2, 0.25) is 0 Å². The lowest BCUT2D eigenvalue weighted by Gasteiger charge is -2.39. The van der Waals surface area contributed by atoms with Crippen molar-refractivity contribution in [3.63, 3.8) is 0 Å². The van der Waals surface area contributed by atoms with Gasteiger partial charge in [0, 0.05) is 26.2 Å². The molecule has 4 rings (SSSR count). The molecule has 0 bridgehead atoms. The average Bonchev–Trinajstić information content (AvgIpc) is 3.25. The Morgan fingerprint density at radius 1 is 1.22 bits per heavy atom. The summed E-state index contributed by atoms with van der Waals surface area (Å²) >= 11 is 0. The minimum Gasteiger partial charge on any atom is -0.508 e.